The molecule has 0 bridgehead atoms. The Balaban J connectivity index is 1.80. The molecule has 1 aliphatic heterocycles. The molecule has 1 N–H and O–H groups in total. The number of likely N-dealkylation sites (tertiary alicyclic amines) is 1. The molecule has 2 nitrogen and oxygen atoms in total. The molecule has 1 aliphatic rings. The van der Waals surface area contributed by atoms with Crippen LogP contribution in [0.3, 0.4) is 0 Å². The third kappa shape index (κ3) is 4.05. The second-order valence-corrected chi connectivity index (χ2v) is 7.82. The molecular formula is C14H23BrN2S. The van der Waals surface area contributed by atoms with E-state index in [0.29, 0.717) is 0 Å². The number of halogens is 1. The average Bonchev–Trinajstić information content (AvgIpc) is 2.74. The molecule has 18 heavy (non-hydrogen) atoms. The molecule has 0 amide bonds. The molecule has 0 saturated carbocycles. The SMILES string of the molecule is CCCNC1CCN(Cc2ccc(Br)s2)CC1C. The first-order valence-electron chi connectivity index (χ1n) is 6.89. The molecule has 1 aromatic rings. The van der Waals surface area contributed by atoms with Gasteiger partial charge in [-0.2, -0.15) is 0 Å². The van der Waals surface area contributed by atoms with Crippen molar-refractivity contribution < 1.29 is 0 Å². The summed E-state index contributed by atoms with van der Waals surface area (Å²) in [4.78, 5) is 4.06. The molecule has 1 saturated heterocycles. The van der Waals surface area contributed by atoms with Gasteiger partial charge in [0.1, 0.15) is 0 Å². The van der Waals surface area contributed by atoms with E-state index in [1.807, 2.05) is 11.3 Å². The van der Waals surface area contributed by atoms with E-state index in [4.69, 9.17) is 0 Å². The first-order valence-corrected chi connectivity index (χ1v) is 8.50. The minimum Gasteiger partial charge on any atom is -0.314 e. The number of piperidine rings is 1. The molecule has 0 aromatic carbocycles. The van der Waals surface area contributed by atoms with Gasteiger partial charge in [-0.25, -0.2) is 0 Å². The molecule has 2 rings (SSSR count). The van der Waals surface area contributed by atoms with Crippen LogP contribution >= 0.6 is 27.3 Å². The van der Waals surface area contributed by atoms with Gasteiger partial charge in [-0.3, -0.25) is 4.90 Å². The normalized spacial score (nSPS) is 25.5. The van der Waals surface area contributed by atoms with Crippen molar-refractivity contribution in [3.8, 4) is 0 Å². The standard InChI is InChI=1S/C14H23BrN2S/c1-3-7-16-13-6-8-17(9-11(13)2)10-12-4-5-14(15)18-12/h4-5,11,13,16H,3,6-10H2,1-2H3. The van der Waals surface area contributed by atoms with Crippen molar-refractivity contribution in [2.45, 2.75) is 39.3 Å². The highest BCUT2D eigenvalue weighted by atomic mass is 79.9. The lowest BCUT2D eigenvalue weighted by atomic mass is 9.93. The van der Waals surface area contributed by atoms with Gasteiger partial charge in [0.2, 0.25) is 0 Å². The summed E-state index contributed by atoms with van der Waals surface area (Å²) in [6, 6.07) is 5.11. The number of nitrogens with one attached hydrogen (secondary N) is 1. The van der Waals surface area contributed by atoms with Crippen molar-refractivity contribution in [1.29, 1.82) is 0 Å². The molecule has 0 spiro atoms. The van der Waals surface area contributed by atoms with Crippen LogP contribution in [0, 0.1) is 5.92 Å². The molecule has 102 valence electrons. The van der Waals surface area contributed by atoms with Crippen LogP contribution < -0.4 is 5.32 Å². The van der Waals surface area contributed by atoms with Gasteiger partial charge in [-0.05, 0) is 53.4 Å². The fourth-order valence-corrected chi connectivity index (χ4v) is 4.19. The van der Waals surface area contributed by atoms with Crippen LogP contribution in [-0.2, 0) is 6.54 Å². The van der Waals surface area contributed by atoms with Gasteiger partial charge in [0, 0.05) is 30.6 Å². The topological polar surface area (TPSA) is 15.3 Å². The van der Waals surface area contributed by atoms with Crippen LogP contribution in [-0.4, -0.2) is 30.6 Å². The van der Waals surface area contributed by atoms with E-state index in [2.05, 4.69) is 52.1 Å². The molecule has 0 radical (unpaired) electrons. The van der Waals surface area contributed by atoms with Crippen LogP contribution in [0.1, 0.15) is 31.6 Å². The summed E-state index contributed by atoms with van der Waals surface area (Å²) in [7, 11) is 0. The van der Waals surface area contributed by atoms with Crippen molar-refractivity contribution in [3.63, 3.8) is 0 Å². The minimum atomic E-state index is 0.719. The Labute approximate surface area is 123 Å². The maximum Gasteiger partial charge on any atom is 0.0701 e. The summed E-state index contributed by atoms with van der Waals surface area (Å²) in [6.45, 7) is 9.33. The predicted molar refractivity (Wildman–Crippen MR) is 83.2 cm³/mol. The van der Waals surface area contributed by atoms with E-state index in [-0.39, 0.29) is 0 Å². The van der Waals surface area contributed by atoms with Gasteiger partial charge < -0.3 is 5.32 Å². The highest BCUT2D eigenvalue weighted by molar-refractivity contribution is 9.11. The monoisotopic (exact) mass is 330 g/mol. The van der Waals surface area contributed by atoms with Crippen LogP contribution in [0.4, 0.5) is 0 Å². The number of hydrogen-bond acceptors (Lipinski definition) is 3. The Hall–Kier alpha value is 0.1000. The Morgan fingerprint density at radius 2 is 2.33 bits per heavy atom. The van der Waals surface area contributed by atoms with Crippen LogP contribution in [0.25, 0.3) is 0 Å². The van der Waals surface area contributed by atoms with Gasteiger partial charge in [0.15, 0.2) is 0 Å². The molecule has 1 aromatic heterocycles. The second kappa shape index (κ2) is 7.04. The van der Waals surface area contributed by atoms with Crippen molar-refractivity contribution in [1.82, 2.24) is 10.2 Å². The minimum absolute atomic E-state index is 0.719. The quantitative estimate of drug-likeness (QED) is 0.885. The smallest absolute Gasteiger partial charge is 0.0701 e. The molecule has 2 heterocycles. The molecule has 0 aliphatic carbocycles. The fraction of sp³-hybridized carbons (Fsp3) is 0.714. The van der Waals surface area contributed by atoms with E-state index in [1.165, 1.54) is 34.6 Å². The van der Waals surface area contributed by atoms with Gasteiger partial charge in [-0.15, -0.1) is 11.3 Å². The molecule has 2 atom stereocenters. The second-order valence-electron chi connectivity index (χ2n) is 5.27. The molecule has 4 heteroatoms. The Bertz CT molecular complexity index is 366. The zero-order valence-corrected chi connectivity index (χ0v) is 13.7. The zero-order chi connectivity index (χ0) is 13.0. The number of hydrogen-bond donors (Lipinski definition) is 1. The summed E-state index contributed by atoms with van der Waals surface area (Å²) in [5.74, 6) is 0.758. The zero-order valence-electron chi connectivity index (χ0n) is 11.3. The van der Waals surface area contributed by atoms with Crippen molar-refractivity contribution in [2.75, 3.05) is 19.6 Å². The van der Waals surface area contributed by atoms with E-state index in [9.17, 15) is 0 Å². The Kier molecular flexibility index (Phi) is 5.67. The maximum atomic E-state index is 3.68. The Morgan fingerprint density at radius 3 is 2.94 bits per heavy atom. The number of nitrogens with zero attached hydrogens (tertiary/aromatic N) is 1. The molecular weight excluding hydrogens is 308 g/mol. The van der Waals surface area contributed by atoms with Gasteiger partial charge in [0.05, 0.1) is 3.79 Å². The van der Waals surface area contributed by atoms with Crippen molar-refractivity contribution in [2.24, 2.45) is 5.92 Å². The lowest BCUT2D eigenvalue weighted by Gasteiger charge is -2.37. The van der Waals surface area contributed by atoms with E-state index >= 15 is 0 Å². The van der Waals surface area contributed by atoms with Crippen LogP contribution in [0.2, 0.25) is 0 Å². The highest BCUT2D eigenvalue weighted by Gasteiger charge is 2.25. The van der Waals surface area contributed by atoms with Crippen molar-refractivity contribution >= 4 is 27.3 Å². The number of rotatable bonds is 5. The van der Waals surface area contributed by atoms with E-state index in [1.54, 1.807) is 0 Å². The third-order valence-electron chi connectivity index (χ3n) is 3.65. The van der Waals surface area contributed by atoms with Gasteiger partial charge in [0.25, 0.3) is 0 Å². The van der Waals surface area contributed by atoms with Crippen LogP contribution in [0.15, 0.2) is 15.9 Å². The largest absolute Gasteiger partial charge is 0.314 e. The first kappa shape index (κ1) is 14.5. The maximum absolute atomic E-state index is 3.68. The van der Waals surface area contributed by atoms with Gasteiger partial charge >= 0.3 is 0 Å². The lowest BCUT2D eigenvalue weighted by molar-refractivity contribution is 0.142. The highest BCUT2D eigenvalue weighted by Crippen LogP contribution is 2.25. The summed E-state index contributed by atoms with van der Waals surface area (Å²) >= 11 is 5.39. The summed E-state index contributed by atoms with van der Waals surface area (Å²) in [5.41, 5.74) is 0. The van der Waals surface area contributed by atoms with E-state index in [0.717, 1.165) is 25.0 Å². The summed E-state index contributed by atoms with van der Waals surface area (Å²) < 4.78 is 1.24. The molecule has 1 fully saturated rings. The van der Waals surface area contributed by atoms with Crippen LogP contribution in [0.5, 0.6) is 0 Å². The third-order valence-corrected chi connectivity index (χ3v) is 5.26. The summed E-state index contributed by atoms with van der Waals surface area (Å²) in [6.07, 6.45) is 2.52. The average molecular weight is 331 g/mol. The van der Waals surface area contributed by atoms with Crippen molar-refractivity contribution in [3.05, 3.63) is 20.8 Å². The lowest BCUT2D eigenvalue weighted by Crippen LogP contribution is -2.48. The molecule has 2 unspecified atom stereocenters. The number of thiophene rings is 1. The predicted octanol–water partition coefficient (Wildman–Crippen LogP) is 3.72. The fourth-order valence-electron chi connectivity index (χ4n) is 2.67. The first-order chi connectivity index (χ1) is 8.69. The summed E-state index contributed by atoms with van der Waals surface area (Å²) in [5, 5.41) is 3.68. The Morgan fingerprint density at radius 1 is 1.50 bits per heavy atom. The van der Waals surface area contributed by atoms with E-state index < -0.39 is 0 Å². The van der Waals surface area contributed by atoms with Gasteiger partial charge in [-0.1, -0.05) is 13.8 Å².